The summed E-state index contributed by atoms with van der Waals surface area (Å²) in [5.41, 5.74) is 6.34. The van der Waals surface area contributed by atoms with E-state index in [1.807, 2.05) is 37.3 Å². The van der Waals surface area contributed by atoms with Crippen molar-refractivity contribution in [3.8, 4) is 0 Å². The number of nitrogens with two attached hydrogens (primary N) is 1. The van der Waals surface area contributed by atoms with Crippen molar-refractivity contribution in [2.24, 2.45) is 5.73 Å². The molecule has 0 amide bonds. The summed E-state index contributed by atoms with van der Waals surface area (Å²) in [6.07, 6.45) is 0. The molecule has 2 rings (SSSR count). The number of benzene rings is 2. The number of halogens is 1. The summed E-state index contributed by atoms with van der Waals surface area (Å²) in [7, 11) is 0. The van der Waals surface area contributed by atoms with E-state index in [2.05, 4.69) is 0 Å². The van der Waals surface area contributed by atoms with Crippen LogP contribution in [0.4, 0.5) is 0 Å². The highest BCUT2D eigenvalue weighted by molar-refractivity contribution is 5.90. The Hall–Kier alpha value is -1.84. The van der Waals surface area contributed by atoms with E-state index in [-0.39, 0.29) is 18.2 Å². The zero-order chi connectivity index (χ0) is 13.2. The number of aryl methyl sites for hydroxylation is 1. The van der Waals surface area contributed by atoms with Crippen LogP contribution >= 0.6 is 12.4 Å². The molecule has 0 aliphatic rings. The fourth-order valence-electron chi connectivity index (χ4n) is 1.95. The molecule has 0 aliphatic heterocycles. The number of aliphatic hydroxyl groups is 1. The normalized spacial score (nSPS) is 13.2. The number of hydrogen-bond donors (Lipinski definition) is 3. The summed E-state index contributed by atoms with van der Waals surface area (Å²) < 4.78 is 0. The van der Waals surface area contributed by atoms with Crippen molar-refractivity contribution >= 4 is 18.2 Å². The van der Waals surface area contributed by atoms with Gasteiger partial charge >= 0.3 is 0 Å². The largest absolute Gasteiger partial charge is 0.385 e. The lowest BCUT2D eigenvalue weighted by molar-refractivity contribution is 0.153. The molecule has 0 aromatic heterocycles. The van der Waals surface area contributed by atoms with E-state index in [1.54, 1.807) is 24.3 Å². The highest BCUT2D eigenvalue weighted by Crippen LogP contribution is 2.29. The molecule has 4 N–H and O–H groups in total. The van der Waals surface area contributed by atoms with Gasteiger partial charge in [-0.3, -0.25) is 5.41 Å². The minimum atomic E-state index is -1.56. The van der Waals surface area contributed by atoms with Gasteiger partial charge in [0.2, 0.25) is 0 Å². The average Bonchev–Trinajstić information content (AvgIpc) is 2.39. The zero-order valence-corrected chi connectivity index (χ0v) is 11.4. The molecule has 2 aromatic rings. The molecule has 100 valence electrons. The number of hydrogen-bond acceptors (Lipinski definition) is 2. The monoisotopic (exact) mass is 276 g/mol. The van der Waals surface area contributed by atoms with Gasteiger partial charge in [0, 0.05) is 0 Å². The van der Waals surface area contributed by atoms with Crippen molar-refractivity contribution in [3.05, 3.63) is 71.3 Å². The molecular formula is C15H17ClN2O. The molecule has 19 heavy (non-hydrogen) atoms. The molecule has 4 heteroatoms. The van der Waals surface area contributed by atoms with E-state index in [4.69, 9.17) is 11.1 Å². The first kappa shape index (κ1) is 15.2. The Kier molecular flexibility index (Phi) is 4.70. The summed E-state index contributed by atoms with van der Waals surface area (Å²) in [4.78, 5) is 0. The van der Waals surface area contributed by atoms with Crippen LogP contribution in [0.2, 0.25) is 0 Å². The molecule has 0 radical (unpaired) electrons. The molecule has 1 atom stereocenters. The van der Waals surface area contributed by atoms with Gasteiger partial charge < -0.3 is 10.8 Å². The van der Waals surface area contributed by atoms with E-state index < -0.39 is 5.60 Å². The fraction of sp³-hybridized carbons (Fsp3) is 0.133. The lowest BCUT2D eigenvalue weighted by Gasteiger charge is -2.28. The van der Waals surface area contributed by atoms with Gasteiger partial charge in [0.05, 0.1) is 0 Å². The van der Waals surface area contributed by atoms with E-state index in [0.29, 0.717) is 11.1 Å². The minimum Gasteiger partial charge on any atom is -0.385 e. The van der Waals surface area contributed by atoms with Crippen molar-refractivity contribution in [2.75, 3.05) is 0 Å². The van der Waals surface area contributed by atoms with Crippen molar-refractivity contribution in [2.45, 2.75) is 12.5 Å². The van der Waals surface area contributed by atoms with E-state index in [1.165, 1.54) is 0 Å². The molecule has 3 nitrogen and oxygen atoms in total. The van der Waals surface area contributed by atoms with Crippen LogP contribution in [-0.4, -0.2) is 10.9 Å². The fourth-order valence-corrected chi connectivity index (χ4v) is 1.95. The first-order valence-electron chi connectivity index (χ1n) is 5.74. The molecule has 1 unspecified atom stereocenters. The smallest absolute Gasteiger partial charge is 0.171 e. The molecule has 0 fully saturated rings. The SMILES string of the molecule is Cc1ccc(C(O)(C(=N)N)c2ccccc2)cc1.Cl. The molecule has 0 bridgehead atoms. The zero-order valence-electron chi connectivity index (χ0n) is 10.6. The summed E-state index contributed by atoms with van der Waals surface area (Å²) in [6.45, 7) is 1.97. The highest BCUT2D eigenvalue weighted by Gasteiger charge is 2.34. The van der Waals surface area contributed by atoms with Crippen LogP contribution in [0.1, 0.15) is 16.7 Å². The first-order chi connectivity index (χ1) is 8.55. The van der Waals surface area contributed by atoms with Crippen molar-refractivity contribution < 1.29 is 5.11 Å². The Balaban J connectivity index is 0.00000180. The number of rotatable bonds is 3. The Morgan fingerprint density at radius 1 is 1.00 bits per heavy atom. The second-order valence-corrected chi connectivity index (χ2v) is 4.36. The average molecular weight is 277 g/mol. The second kappa shape index (κ2) is 5.87. The van der Waals surface area contributed by atoms with Crippen LogP contribution in [-0.2, 0) is 5.60 Å². The number of amidine groups is 1. The number of nitrogens with one attached hydrogen (secondary N) is 1. The van der Waals surface area contributed by atoms with Crippen LogP contribution in [0.25, 0.3) is 0 Å². The van der Waals surface area contributed by atoms with Gasteiger partial charge in [0.25, 0.3) is 0 Å². The Bertz CT molecular complexity index is 554. The van der Waals surface area contributed by atoms with Crippen LogP contribution in [0.15, 0.2) is 54.6 Å². The molecular weight excluding hydrogens is 260 g/mol. The maximum atomic E-state index is 10.8. The third-order valence-corrected chi connectivity index (χ3v) is 3.05. The van der Waals surface area contributed by atoms with E-state index in [9.17, 15) is 5.11 Å². The standard InChI is InChI=1S/C15H16N2O.ClH/c1-11-7-9-13(10-8-11)15(18,14(16)17)12-5-3-2-4-6-12;/h2-10,18H,1H3,(H3,16,17);1H. The second-order valence-electron chi connectivity index (χ2n) is 4.36. The predicted molar refractivity (Wildman–Crippen MR) is 79.8 cm³/mol. The summed E-state index contributed by atoms with van der Waals surface area (Å²) in [5.74, 6) is -0.280. The quantitative estimate of drug-likeness (QED) is 0.596. The molecule has 0 saturated carbocycles. The van der Waals surface area contributed by atoms with Crippen LogP contribution < -0.4 is 5.73 Å². The third kappa shape index (κ3) is 2.78. The van der Waals surface area contributed by atoms with Crippen molar-refractivity contribution in [1.29, 1.82) is 5.41 Å². The van der Waals surface area contributed by atoms with Gasteiger partial charge in [-0.25, -0.2) is 0 Å². The maximum Gasteiger partial charge on any atom is 0.171 e. The minimum absolute atomic E-state index is 0. The lowest BCUT2D eigenvalue weighted by Crippen LogP contribution is -2.41. The van der Waals surface area contributed by atoms with Crippen LogP contribution in [0.5, 0.6) is 0 Å². The maximum absolute atomic E-state index is 10.8. The lowest BCUT2D eigenvalue weighted by atomic mass is 9.85. The predicted octanol–water partition coefficient (Wildman–Crippen LogP) is 2.59. The Morgan fingerprint density at radius 2 is 1.47 bits per heavy atom. The van der Waals surface area contributed by atoms with Gasteiger partial charge in [-0.2, -0.15) is 0 Å². The van der Waals surface area contributed by atoms with Crippen LogP contribution in [0.3, 0.4) is 0 Å². The van der Waals surface area contributed by atoms with Crippen LogP contribution in [0, 0.1) is 12.3 Å². The molecule has 0 heterocycles. The molecule has 0 aliphatic carbocycles. The topological polar surface area (TPSA) is 70.1 Å². The summed E-state index contributed by atoms with van der Waals surface area (Å²) >= 11 is 0. The van der Waals surface area contributed by atoms with Gasteiger partial charge in [0.15, 0.2) is 5.60 Å². The van der Waals surface area contributed by atoms with Crippen molar-refractivity contribution in [3.63, 3.8) is 0 Å². The molecule has 0 spiro atoms. The van der Waals surface area contributed by atoms with Gasteiger partial charge in [0.1, 0.15) is 5.84 Å². The van der Waals surface area contributed by atoms with E-state index in [0.717, 1.165) is 5.56 Å². The van der Waals surface area contributed by atoms with Gasteiger partial charge in [-0.1, -0.05) is 60.2 Å². The van der Waals surface area contributed by atoms with Crippen molar-refractivity contribution in [1.82, 2.24) is 0 Å². The molecule has 0 saturated heterocycles. The Morgan fingerprint density at radius 3 is 1.95 bits per heavy atom. The Labute approximate surface area is 119 Å². The third-order valence-electron chi connectivity index (χ3n) is 3.05. The highest BCUT2D eigenvalue weighted by atomic mass is 35.5. The van der Waals surface area contributed by atoms with E-state index >= 15 is 0 Å². The first-order valence-corrected chi connectivity index (χ1v) is 5.74. The summed E-state index contributed by atoms with van der Waals surface area (Å²) in [5, 5.41) is 18.5. The molecule has 2 aromatic carbocycles. The van der Waals surface area contributed by atoms with Gasteiger partial charge in [-0.15, -0.1) is 12.4 Å². The summed E-state index contributed by atoms with van der Waals surface area (Å²) in [6, 6.07) is 16.4. The van der Waals surface area contributed by atoms with Gasteiger partial charge in [-0.05, 0) is 18.1 Å².